The Balaban J connectivity index is 1.19. The van der Waals surface area contributed by atoms with Crippen LogP contribution >= 0.6 is 11.8 Å². The maximum Gasteiger partial charge on any atom is 0.246 e. The Morgan fingerprint density at radius 3 is 2.70 bits per heavy atom. The number of para-hydroxylation sites is 2. The molecule has 9 nitrogen and oxygen atoms in total. The maximum absolute atomic E-state index is 14.4. The summed E-state index contributed by atoms with van der Waals surface area (Å²) in [6.07, 6.45) is 7.66. The summed E-state index contributed by atoms with van der Waals surface area (Å²) >= 11 is 1.59. The molecule has 0 unspecified atom stereocenters. The summed E-state index contributed by atoms with van der Waals surface area (Å²) in [7, 11) is 0. The van der Waals surface area contributed by atoms with Gasteiger partial charge in [-0.2, -0.15) is 0 Å². The van der Waals surface area contributed by atoms with Crippen LogP contribution in [0.4, 0.5) is 5.69 Å². The van der Waals surface area contributed by atoms with E-state index in [0.29, 0.717) is 29.0 Å². The summed E-state index contributed by atoms with van der Waals surface area (Å²) in [5.74, 6) is -0.379. The van der Waals surface area contributed by atoms with Crippen LogP contribution in [0.3, 0.4) is 0 Å². The largest absolute Gasteiger partial charge is 0.486 e. The number of likely N-dealkylation sites (tertiary alicyclic amines) is 1. The van der Waals surface area contributed by atoms with Crippen LogP contribution in [-0.2, 0) is 19.1 Å². The first-order valence-corrected chi connectivity index (χ1v) is 16.8. The summed E-state index contributed by atoms with van der Waals surface area (Å²) in [5.41, 5.74) is -0.586. The highest BCUT2D eigenvalue weighted by Gasteiger charge is 2.73. The number of ether oxygens (including phenoxy) is 3. The van der Waals surface area contributed by atoms with Gasteiger partial charge in [0.25, 0.3) is 0 Å². The summed E-state index contributed by atoms with van der Waals surface area (Å²) in [4.78, 5) is 45.2. The molecule has 9 atom stereocenters. The molecule has 2 aromatic carbocycles. The molecule has 4 aliphatic heterocycles. The number of benzene rings is 2. The van der Waals surface area contributed by atoms with Gasteiger partial charge in [0.15, 0.2) is 17.6 Å². The molecule has 2 saturated heterocycles. The highest BCUT2D eigenvalue weighted by atomic mass is 32.2. The molecule has 1 saturated carbocycles. The Morgan fingerprint density at radius 2 is 1.89 bits per heavy atom. The van der Waals surface area contributed by atoms with Crippen LogP contribution in [0.15, 0.2) is 65.6 Å². The molecule has 232 valence electrons. The smallest absolute Gasteiger partial charge is 0.246 e. The van der Waals surface area contributed by atoms with E-state index in [0.717, 1.165) is 24.2 Å². The number of nitrogens with zero attached hydrogens (tertiary/aromatic N) is 1. The number of hydrogen-bond acceptors (Lipinski definition) is 7. The van der Waals surface area contributed by atoms with Crippen LogP contribution in [-0.4, -0.2) is 71.9 Å². The van der Waals surface area contributed by atoms with E-state index >= 15 is 0 Å². The van der Waals surface area contributed by atoms with E-state index in [2.05, 4.69) is 24.5 Å². The third-order valence-electron chi connectivity index (χ3n) is 10.3. The predicted molar refractivity (Wildman–Crippen MR) is 167 cm³/mol. The number of anilines is 1. The fourth-order valence-corrected chi connectivity index (χ4v) is 8.27. The fraction of sp³-hybridized carbons (Fsp3) is 0.500. The van der Waals surface area contributed by atoms with Crippen molar-refractivity contribution >= 4 is 35.2 Å². The van der Waals surface area contributed by atoms with E-state index in [4.69, 9.17) is 14.2 Å². The SMILES string of the molecule is CSc1cccc(NC(=O)[C@H]2[C@H]3C=C[C@@]4(O3)[C@H]2C(=O)N(C[C@@H]2COc3ccccc3O2)[C@@H]4C(=O)N[C@@H]2CCC[C@H](C)[C@@H]2C)c1. The second-order valence-corrected chi connectivity index (χ2v) is 13.7. The number of carbonyl (C=O) groups is 3. The Bertz CT molecular complexity index is 1500. The van der Waals surface area contributed by atoms with Crippen LogP contribution in [0, 0.1) is 23.7 Å². The van der Waals surface area contributed by atoms with Crippen molar-refractivity contribution in [1.82, 2.24) is 10.2 Å². The molecule has 2 N–H and O–H groups in total. The third-order valence-corrected chi connectivity index (χ3v) is 11.0. The molecule has 1 aliphatic carbocycles. The van der Waals surface area contributed by atoms with E-state index in [1.807, 2.05) is 66.9 Å². The average molecular weight is 618 g/mol. The molecule has 44 heavy (non-hydrogen) atoms. The van der Waals surface area contributed by atoms with Crippen LogP contribution < -0.4 is 20.1 Å². The molecule has 4 heterocycles. The Morgan fingerprint density at radius 1 is 1.07 bits per heavy atom. The predicted octanol–water partition coefficient (Wildman–Crippen LogP) is 4.28. The normalized spacial score (nSPS) is 35.0. The summed E-state index contributed by atoms with van der Waals surface area (Å²) < 4.78 is 18.7. The first-order valence-electron chi connectivity index (χ1n) is 15.6. The number of carbonyl (C=O) groups excluding carboxylic acids is 3. The van der Waals surface area contributed by atoms with Gasteiger partial charge < -0.3 is 29.7 Å². The molecule has 1 spiro atoms. The molecule has 0 radical (unpaired) electrons. The van der Waals surface area contributed by atoms with Gasteiger partial charge in [-0.15, -0.1) is 11.8 Å². The molecule has 5 aliphatic rings. The third kappa shape index (κ3) is 4.86. The minimum Gasteiger partial charge on any atom is -0.486 e. The minimum absolute atomic E-state index is 0.00480. The van der Waals surface area contributed by atoms with Crippen molar-refractivity contribution in [3.63, 3.8) is 0 Å². The van der Waals surface area contributed by atoms with Crippen molar-refractivity contribution in [1.29, 1.82) is 0 Å². The summed E-state index contributed by atoms with van der Waals surface area (Å²) in [6, 6.07) is 14.1. The monoisotopic (exact) mass is 617 g/mol. The van der Waals surface area contributed by atoms with Crippen molar-refractivity contribution in [3.8, 4) is 11.5 Å². The average Bonchev–Trinajstić information content (AvgIpc) is 3.67. The summed E-state index contributed by atoms with van der Waals surface area (Å²) in [5, 5.41) is 6.33. The molecule has 3 amide bonds. The van der Waals surface area contributed by atoms with E-state index in [1.165, 1.54) is 0 Å². The Kier molecular flexibility index (Phi) is 7.61. The first-order chi connectivity index (χ1) is 21.3. The number of fused-ring (bicyclic) bond motifs is 2. The fourth-order valence-electron chi connectivity index (χ4n) is 7.81. The van der Waals surface area contributed by atoms with Gasteiger partial charge >= 0.3 is 0 Å². The number of amides is 3. The van der Waals surface area contributed by atoms with Crippen molar-refractivity contribution in [2.45, 2.75) is 67.9 Å². The van der Waals surface area contributed by atoms with E-state index in [9.17, 15) is 14.4 Å². The van der Waals surface area contributed by atoms with Crippen molar-refractivity contribution in [2.24, 2.45) is 23.7 Å². The molecule has 0 aromatic heterocycles. The van der Waals surface area contributed by atoms with Crippen LogP contribution in [0.2, 0.25) is 0 Å². The molecule has 3 fully saturated rings. The zero-order valence-corrected chi connectivity index (χ0v) is 26.0. The highest BCUT2D eigenvalue weighted by Crippen LogP contribution is 2.55. The molecular weight excluding hydrogens is 578 g/mol. The van der Waals surface area contributed by atoms with Crippen molar-refractivity contribution < 1.29 is 28.6 Å². The van der Waals surface area contributed by atoms with E-state index in [1.54, 1.807) is 16.7 Å². The lowest BCUT2D eigenvalue weighted by Gasteiger charge is -2.38. The highest BCUT2D eigenvalue weighted by molar-refractivity contribution is 7.98. The van der Waals surface area contributed by atoms with E-state index < -0.39 is 35.7 Å². The van der Waals surface area contributed by atoms with Gasteiger partial charge in [0.1, 0.15) is 18.2 Å². The van der Waals surface area contributed by atoms with Gasteiger partial charge in [-0.05, 0) is 54.8 Å². The van der Waals surface area contributed by atoms with Gasteiger partial charge in [-0.3, -0.25) is 14.4 Å². The van der Waals surface area contributed by atoms with E-state index in [-0.39, 0.29) is 36.9 Å². The van der Waals surface area contributed by atoms with Gasteiger partial charge in [0.05, 0.1) is 24.5 Å². The van der Waals surface area contributed by atoms with Crippen molar-refractivity contribution in [2.75, 3.05) is 24.7 Å². The quantitative estimate of drug-likeness (QED) is 0.353. The lowest BCUT2D eigenvalue weighted by molar-refractivity contribution is -0.143. The number of thioether (sulfide) groups is 1. The van der Waals surface area contributed by atoms with Gasteiger partial charge in [-0.25, -0.2) is 0 Å². The second kappa shape index (κ2) is 11.5. The lowest BCUT2D eigenvalue weighted by Crippen LogP contribution is -2.59. The molecule has 10 heteroatoms. The van der Waals surface area contributed by atoms with Gasteiger partial charge in [-0.1, -0.05) is 57.0 Å². The number of hydrogen-bond donors (Lipinski definition) is 2. The van der Waals surface area contributed by atoms with Crippen molar-refractivity contribution in [3.05, 3.63) is 60.7 Å². The number of rotatable bonds is 7. The van der Waals surface area contributed by atoms with Crippen LogP contribution in [0.25, 0.3) is 0 Å². The zero-order valence-electron chi connectivity index (χ0n) is 25.2. The van der Waals surface area contributed by atoms with Crippen LogP contribution in [0.5, 0.6) is 11.5 Å². The first kappa shape index (κ1) is 29.2. The molecular formula is C34H39N3O6S. The second-order valence-electron chi connectivity index (χ2n) is 12.8. The lowest BCUT2D eigenvalue weighted by atomic mass is 9.73. The van der Waals surface area contributed by atoms with Crippen LogP contribution in [0.1, 0.15) is 33.1 Å². The zero-order chi connectivity index (χ0) is 30.6. The molecule has 7 rings (SSSR count). The summed E-state index contributed by atoms with van der Waals surface area (Å²) in [6.45, 7) is 4.77. The number of nitrogens with one attached hydrogen (secondary N) is 2. The molecule has 2 aromatic rings. The minimum atomic E-state index is -1.24. The topological polar surface area (TPSA) is 106 Å². The standard InChI is InChI=1S/C34H39N3O6S/c1-19-8-6-11-24(20(19)2)36-32(39)30-34-15-14-27(43-34)28(31(38)35-21-9-7-10-23(16-21)44-3)29(34)33(40)37(30)17-22-18-41-25-12-4-5-13-26(25)42-22/h4-5,7,9-10,12-16,19-20,22,24,27-30H,6,8,11,17-18H2,1-3H3,(H,35,38)(H,36,39)/t19-,20-,22+,24+,27+,28-,29+,30+,34+/m0/s1. The van der Waals surface area contributed by atoms with Gasteiger partial charge in [0, 0.05) is 16.6 Å². The Labute approximate surface area is 262 Å². The molecule has 2 bridgehead atoms. The maximum atomic E-state index is 14.4. The Hall–Kier alpha value is -3.50. The van der Waals surface area contributed by atoms with Gasteiger partial charge in [0.2, 0.25) is 17.7 Å².